The molecule has 0 radical (unpaired) electrons. The number of carbonyl (C=O) groups is 2. The summed E-state index contributed by atoms with van der Waals surface area (Å²) in [5.74, 6) is -0.665. The number of aromatic nitrogens is 1. The third kappa shape index (κ3) is 5.11. The van der Waals surface area contributed by atoms with Gasteiger partial charge in [-0.15, -0.1) is 11.3 Å². The van der Waals surface area contributed by atoms with Crippen LogP contribution in [-0.4, -0.2) is 41.3 Å². The van der Waals surface area contributed by atoms with Gasteiger partial charge in [0.05, 0.1) is 12.2 Å². The molecule has 0 atom stereocenters. The number of thiazole rings is 1. The lowest BCUT2D eigenvalue weighted by molar-refractivity contribution is -0.121. The normalized spacial score (nSPS) is 10.6. The van der Waals surface area contributed by atoms with Crippen LogP contribution in [0.3, 0.4) is 0 Å². The fourth-order valence-electron chi connectivity index (χ4n) is 2.47. The van der Waals surface area contributed by atoms with Gasteiger partial charge < -0.3 is 10.2 Å². The summed E-state index contributed by atoms with van der Waals surface area (Å²) in [6, 6.07) is 6.03. The molecule has 0 aliphatic carbocycles. The van der Waals surface area contributed by atoms with Crippen LogP contribution in [-0.2, 0) is 4.79 Å². The number of rotatable bonds is 8. The van der Waals surface area contributed by atoms with Crippen molar-refractivity contribution in [1.82, 2.24) is 15.2 Å². The van der Waals surface area contributed by atoms with Crippen molar-refractivity contribution in [3.63, 3.8) is 0 Å². The number of benzene rings is 1. The van der Waals surface area contributed by atoms with Crippen LogP contribution in [0.5, 0.6) is 0 Å². The molecule has 0 fully saturated rings. The van der Waals surface area contributed by atoms with E-state index in [-0.39, 0.29) is 24.2 Å². The smallest absolute Gasteiger partial charge is 0.266 e. The fraction of sp³-hybridized carbons (Fsp3) is 0.421. The molecule has 0 bridgehead atoms. The number of hydrogen-bond acceptors (Lipinski definition) is 4. The van der Waals surface area contributed by atoms with Crippen molar-refractivity contribution in [3.8, 4) is 10.6 Å². The monoisotopic (exact) mass is 377 g/mol. The van der Waals surface area contributed by atoms with Crippen molar-refractivity contribution in [2.45, 2.75) is 33.6 Å². The predicted octanol–water partition coefficient (Wildman–Crippen LogP) is 3.64. The molecular formula is C19H24FN3O2S. The molecule has 0 spiro atoms. The Morgan fingerprint density at radius 3 is 2.50 bits per heavy atom. The molecular weight excluding hydrogens is 353 g/mol. The average molecular weight is 377 g/mol. The number of carbonyl (C=O) groups excluding carboxylic acids is 2. The van der Waals surface area contributed by atoms with Gasteiger partial charge in [0.1, 0.15) is 15.7 Å². The maximum atomic E-state index is 13.1. The highest BCUT2D eigenvalue weighted by atomic mass is 32.1. The lowest BCUT2D eigenvalue weighted by Gasteiger charge is -2.21. The molecule has 1 aromatic carbocycles. The maximum absolute atomic E-state index is 13.1. The van der Waals surface area contributed by atoms with E-state index in [2.05, 4.69) is 10.3 Å². The molecule has 0 saturated heterocycles. The number of nitrogens with zero attached hydrogens (tertiary/aromatic N) is 2. The summed E-state index contributed by atoms with van der Waals surface area (Å²) in [4.78, 5) is 31.5. The zero-order valence-corrected chi connectivity index (χ0v) is 16.2. The molecule has 2 rings (SSSR count). The van der Waals surface area contributed by atoms with Crippen LogP contribution in [0.1, 0.15) is 42.1 Å². The zero-order valence-electron chi connectivity index (χ0n) is 15.3. The maximum Gasteiger partial charge on any atom is 0.266 e. The lowest BCUT2D eigenvalue weighted by Crippen LogP contribution is -2.41. The van der Waals surface area contributed by atoms with E-state index in [1.54, 1.807) is 24.0 Å². The van der Waals surface area contributed by atoms with E-state index >= 15 is 0 Å². The van der Waals surface area contributed by atoms with Gasteiger partial charge in [-0.05, 0) is 44.0 Å². The Balaban J connectivity index is 2.20. The second-order valence-electron chi connectivity index (χ2n) is 6.02. The van der Waals surface area contributed by atoms with Gasteiger partial charge in [-0.25, -0.2) is 9.37 Å². The number of nitrogens with one attached hydrogen (secondary N) is 1. The van der Waals surface area contributed by atoms with Gasteiger partial charge in [-0.3, -0.25) is 9.59 Å². The minimum Gasteiger partial charge on any atom is -0.355 e. The van der Waals surface area contributed by atoms with Crippen molar-refractivity contribution >= 4 is 23.2 Å². The Morgan fingerprint density at radius 1 is 1.19 bits per heavy atom. The van der Waals surface area contributed by atoms with E-state index in [0.717, 1.165) is 18.4 Å². The number of hydrogen-bond donors (Lipinski definition) is 1. The van der Waals surface area contributed by atoms with Crippen molar-refractivity contribution < 1.29 is 14.0 Å². The van der Waals surface area contributed by atoms with Crippen LogP contribution in [0.4, 0.5) is 4.39 Å². The first kappa shape index (κ1) is 20.0. The molecule has 0 saturated carbocycles. The minimum atomic E-state index is -0.314. The largest absolute Gasteiger partial charge is 0.355 e. The molecule has 1 N–H and O–H groups in total. The highest BCUT2D eigenvalue weighted by molar-refractivity contribution is 7.17. The van der Waals surface area contributed by atoms with E-state index < -0.39 is 0 Å². The first-order chi connectivity index (χ1) is 12.5. The van der Waals surface area contributed by atoms with Gasteiger partial charge >= 0.3 is 0 Å². The standard InChI is InChI=1S/C19H24FN3O2S/c1-4-10-21-16(24)12-23(11-5-2)19(25)17-13(3)22-18(26-17)14-6-8-15(20)9-7-14/h6-9H,4-5,10-12H2,1-3H3,(H,21,24). The molecule has 5 nitrogen and oxygen atoms in total. The summed E-state index contributed by atoms with van der Waals surface area (Å²) >= 11 is 1.27. The second-order valence-corrected chi connectivity index (χ2v) is 7.02. The molecule has 7 heteroatoms. The molecule has 0 aliphatic heterocycles. The van der Waals surface area contributed by atoms with Crippen LogP contribution in [0.15, 0.2) is 24.3 Å². The predicted molar refractivity (Wildman–Crippen MR) is 102 cm³/mol. The molecule has 1 aromatic heterocycles. The molecule has 140 valence electrons. The van der Waals surface area contributed by atoms with Crippen molar-refractivity contribution in [3.05, 3.63) is 40.7 Å². The van der Waals surface area contributed by atoms with Crippen molar-refractivity contribution in [2.75, 3.05) is 19.6 Å². The van der Waals surface area contributed by atoms with Crippen LogP contribution in [0.25, 0.3) is 10.6 Å². The highest BCUT2D eigenvalue weighted by Gasteiger charge is 2.23. The number of aryl methyl sites for hydroxylation is 1. The number of halogens is 1. The molecule has 0 aliphatic rings. The molecule has 1 heterocycles. The van der Waals surface area contributed by atoms with E-state index in [9.17, 15) is 14.0 Å². The summed E-state index contributed by atoms with van der Waals surface area (Å²) in [6.07, 6.45) is 1.61. The SMILES string of the molecule is CCCNC(=O)CN(CCC)C(=O)c1sc(-c2ccc(F)cc2)nc1C. The van der Waals surface area contributed by atoms with E-state index in [1.165, 1.54) is 23.5 Å². The summed E-state index contributed by atoms with van der Waals surface area (Å²) in [6.45, 7) is 6.86. The Kier molecular flexibility index (Phi) is 7.26. The van der Waals surface area contributed by atoms with Gasteiger partial charge in [0, 0.05) is 18.7 Å². The van der Waals surface area contributed by atoms with E-state index in [1.807, 2.05) is 13.8 Å². The van der Waals surface area contributed by atoms with Crippen LogP contribution >= 0.6 is 11.3 Å². The van der Waals surface area contributed by atoms with E-state index in [0.29, 0.717) is 28.7 Å². The Hall–Kier alpha value is -2.28. The van der Waals surface area contributed by atoms with Crippen LogP contribution in [0.2, 0.25) is 0 Å². The topological polar surface area (TPSA) is 62.3 Å². The molecule has 2 aromatic rings. The zero-order chi connectivity index (χ0) is 19.1. The first-order valence-corrected chi connectivity index (χ1v) is 9.57. The lowest BCUT2D eigenvalue weighted by atomic mass is 10.2. The van der Waals surface area contributed by atoms with Crippen molar-refractivity contribution in [2.24, 2.45) is 0 Å². The van der Waals surface area contributed by atoms with Gasteiger partial charge in [-0.1, -0.05) is 13.8 Å². The first-order valence-electron chi connectivity index (χ1n) is 8.75. The molecule has 26 heavy (non-hydrogen) atoms. The van der Waals surface area contributed by atoms with Gasteiger partial charge in [0.15, 0.2) is 0 Å². The van der Waals surface area contributed by atoms with Gasteiger partial charge in [0.25, 0.3) is 5.91 Å². The summed E-state index contributed by atoms with van der Waals surface area (Å²) in [5.41, 5.74) is 1.38. The third-order valence-corrected chi connectivity index (χ3v) is 4.96. The number of amides is 2. The Bertz CT molecular complexity index is 759. The van der Waals surface area contributed by atoms with E-state index in [4.69, 9.17) is 0 Å². The van der Waals surface area contributed by atoms with Gasteiger partial charge in [-0.2, -0.15) is 0 Å². The Morgan fingerprint density at radius 2 is 1.88 bits per heavy atom. The minimum absolute atomic E-state index is 0.0376. The van der Waals surface area contributed by atoms with Crippen molar-refractivity contribution in [1.29, 1.82) is 0 Å². The summed E-state index contributed by atoms with van der Waals surface area (Å²) in [7, 11) is 0. The Labute approximate surface area is 157 Å². The fourth-order valence-corrected chi connectivity index (χ4v) is 3.51. The molecule has 2 amide bonds. The molecule has 0 unspecified atom stereocenters. The van der Waals surface area contributed by atoms with Gasteiger partial charge in [0.2, 0.25) is 5.91 Å². The van der Waals surface area contributed by atoms with Crippen LogP contribution < -0.4 is 5.32 Å². The second kappa shape index (κ2) is 9.43. The van der Waals surface area contributed by atoms with Crippen LogP contribution in [0, 0.1) is 12.7 Å². The third-order valence-electron chi connectivity index (χ3n) is 3.77. The summed E-state index contributed by atoms with van der Waals surface area (Å²) in [5, 5.41) is 3.46. The highest BCUT2D eigenvalue weighted by Crippen LogP contribution is 2.29. The summed E-state index contributed by atoms with van der Waals surface area (Å²) < 4.78 is 13.1. The average Bonchev–Trinajstić information content (AvgIpc) is 3.01. The quantitative estimate of drug-likeness (QED) is 0.764.